The standard InChI is InChI=1S/C16H17NO4/c1-10(18)14-7-11-4-5-13(8-15(11)21-14)17-6-2-3-12(9-17)16(19)20/h4-5,7-8,12H,2-3,6,9H2,1H3,(H,19,20). The van der Waals surface area contributed by atoms with E-state index in [4.69, 9.17) is 9.52 Å². The van der Waals surface area contributed by atoms with Gasteiger partial charge in [-0.2, -0.15) is 0 Å². The van der Waals surface area contributed by atoms with Gasteiger partial charge >= 0.3 is 5.97 Å². The molecule has 1 aliphatic rings. The van der Waals surface area contributed by atoms with Gasteiger partial charge in [-0.25, -0.2) is 0 Å². The van der Waals surface area contributed by atoms with Crippen LogP contribution in [-0.4, -0.2) is 29.9 Å². The number of carbonyl (C=O) groups is 2. The zero-order chi connectivity index (χ0) is 15.0. The van der Waals surface area contributed by atoms with Gasteiger partial charge in [-0.05, 0) is 31.0 Å². The molecule has 1 N–H and O–H groups in total. The summed E-state index contributed by atoms with van der Waals surface area (Å²) in [7, 11) is 0. The number of hydrogen-bond donors (Lipinski definition) is 1. The first-order valence-electron chi connectivity index (χ1n) is 7.07. The Morgan fingerprint density at radius 3 is 2.86 bits per heavy atom. The summed E-state index contributed by atoms with van der Waals surface area (Å²) in [5.74, 6) is -0.808. The molecule has 1 atom stereocenters. The highest BCUT2D eigenvalue weighted by Crippen LogP contribution is 2.28. The molecule has 0 saturated carbocycles. The van der Waals surface area contributed by atoms with Gasteiger partial charge in [-0.1, -0.05) is 0 Å². The Bertz CT molecular complexity index is 703. The van der Waals surface area contributed by atoms with Gasteiger partial charge in [-0.3, -0.25) is 9.59 Å². The SMILES string of the molecule is CC(=O)c1cc2ccc(N3CCCC(C(=O)O)C3)cc2o1. The third-order valence-electron chi connectivity index (χ3n) is 3.99. The molecule has 1 aromatic heterocycles. The van der Waals surface area contributed by atoms with Crippen molar-refractivity contribution in [3.8, 4) is 0 Å². The molecule has 0 aliphatic carbocycles. The minimum Gasteiger partial charge on any atom is -0.481 e. The first-order valence-corrected chi connectivity index (χ1v) is 7.07. The number of aliphatic carboxylic acids is 1. The molecule has 0 spiro atoms. The van der Waals surface area contributed by atoms with Crippen molar-refractivity contribution >= 4 is 28.4 Å². The number of nitrogens with zero attached hydrogens (tertiary/aromatic N) is 1. The van der Waals surface area contributed by atoms with Gasteiger partial charge in [0.05, 0.1) is 5.92 Å². The van der Waals surface area contributed by atoms with Crippen molar-refractivity contribution in [2.75, 3.05) is 18.0 Å². The van der Waals surface area contributed by atoms with E-state index in [1.54, 1.807) is 6.07 Å². The minimum atomic E-state index is -0.738. The lowest BCUT2D eigenvalue weighted by atomic mass is 9.98. The van der Waals surface area contributed by atoms with E-state index in [-0.39, 0.29) is 11.7 Å². The number of carboxylic acids is 1. The maximum Gasteiger partial charge on any atom is 0.308 e. The number of carbonyl (C=O) groups excluding carboxylic acids is 1. The Labute approximate surface area is 122 Å². The monoisotopic (exact) mass is 287 g/mol. The summed E-state index contributed by atoms with van der Waals surface area (Å²) in [4.78, 5) is 24.6. The highest BCUT2D eigenvalue weighted by atomic mass is 16.4. The molecular formula is C16H17NO4. The van der Waals surface area contributed by atoms with Crippen molar-refractivity contribution in [2.24, 2.45) is 5.92 Å². The van der Waals surface area contributed by atoms with Crippen LogP contribution in [0.4, 0.5) is 5.69 Å². The second-order valence-corrected chi connectivity index (χ2v) is 5.51. The molecule has 5 nitrogen and oxygen atoms in total. The van der Waals surface area contributed by atoms with Crippen LogP contribution in [0.2, 0.25) is 0 Å². The Balaban J connectivity index is 1.89. The summed E-state index contributed by atoms with van der Waals surface area (Å²) in [5.41, 5.74) is 1.60. The molecule has 0 radical (unpaired) electrons. The minimum absolute atomic E-state index is 0.100. The van der Waals surface area contributed by atoms with Crippen LogP contribution in [0.1, 0.15) is 30.3 Å². The van der Waals surface area contributed by atoms with Crippen LogP contribution in [0.3, 0.4) is 0 Å². The highest BCUT2D eigenvalue weighted by molar-refractivity contribution is 5.96. The normalized spacial score (nSPS) is 18.9. The molecule has 2 heterocycles. The molecule has 1 aromatic carbocycles. The van der Waals surface area contributed by atoms with Crippen molar-refractivity contribution in [3.63, 3.8) is 0 Å². The molecule has 0 amide bonds. The van der Waals surface area contributed by atoms with Gasteiger partial charge in [0, 0.05) is 37.2 Å². The van der Waals surface area contributed by atoms with E-state index in [1.165, 1.54) is 6.92 Å². The van der Waals surface area contributed by atoms with E-state index in [9.17, 15) is 9.59 Å². The van der Waals surface area contributed by atoms with Gasteiger partial charge in [0.1, 0.15) is 5.58 Å². The molecule has 1 unspecified atom stereocenters. The Hall–Kier alpha value is -2.30. The number of piperidine rings is 1. The van der Waals surface area contributed by atoms with Crippen LogP contribution in [0.5, 0.6) is 0 Å². The zero-order valence-electron chi connectivity index (χ0n) is 11.8. The number of hydrogen-bond acceptors (Lipinski definition) is 4. The number of rotatable bonds is 3. The summed E-state index contributed by atoms with van der Waals surface area (Å²) < 4.78 is 5.54. The quantitative estimate of drug-likeness (QED) is 0.879. The second kappa shape index (κ2) is 5.24. The van der Waals surface area contributed by atoms with Crippen LogP contribution < -0.4 is 4.90 Å². The second-order valence-electron chi connectivity index (χ2n) is 5.51. The summed E-state index contributed by atoms with van der Waals surface area (Å²) >= 11 is 0. The molecule has 1 saturated heterocycles. The van der Waals surface area contributed by atoms with E-state index in [2.05, 4.69) is 4.90 Å². The summed E-state index contributed by atoms with van der Waals surface area (Å²) in [6.45, 7) is 2.83. The Morgan fingerprint density at radius 2 is 2.14 bits per heavy atom. The van der Waals surface area contributed by atoms with Crippen LogP contribution in [0.25, 0.3) is 11.0 Å². The average molecular weight is 287 g/mol. The van der Waals surface area contributed by atoms with E-state index >= 15 is 0 Å². The van der Waals surface area contributed by atoms with Gasteiger partial charge in [0.25, 0.3) is 0 Å². The van der Waals surface area contributed by atoms with Crippen molar-refractivity contribution in [1.29, 1.82) is 0 Å². The van der Waals surface area contributed by atoms with Crippen LogP contribution in [0.15, 0.2) is 28.7 Å². The van der Waals surface area contributed by atoms with Crippen molar-refractivity contribution in [1.82, 2.24) is 0 Å². The molecule has 0 bridgehead atoms. The van der Waals surface area contributed by atoms with Gasteiger partial charge < -0.3 is 14.4 Å². The number of Topliss-reactive ketones (excluding diaryl/α,β-unsaturated/α-hetero) is 1. The van der Waals surface area contributed by atoms with Crippen LogP contribution in [0, 0.1) is 5.92 Å². The maximum absolute atomic E-state index is 11.4. The number of carboxylic acid groups (broad SMARTS) is 1. The fourth-order valence-corrected chi connectivity index (χ4v) is 2.80. The Morgan fingerprint density at radius 1 is 1.33 bits per heavy atom. The number of benzene rings is 1. The fourth-order valence-electron chi connectivity index (χ4n) is 2.80. The lowest BCUT2D eigenvalue weighted by Crippen LogP contribution is -2.38. The van der Waals surface area contributed by atoms with Gasteiger partial charge in [0.15, 0.2) is 11.5 Å². The highest BCUT2D eigenvalue weighted by Gasteiger charge is 2.25. The van der Waals surface area contributed by atoms with Crippen LogP contribution >= 0.6 is 0 Å². The topological polar surface area (TPSA) is 70.8 Å². The number of anilines is 1. The third-order valence-corrected chi connectivity index (χ3v) is 3.99. The summed E-state index contributed by atoms with van der Waals surface area (Å²) in [6, 6.07) is 7.47. The fraction of sp³-hybridized carbons (Fsp3) is 0.375. The van der Waals surface area contributed by atoms with E-state index in [0.29, 0.717) is 17.9 Å². The van der Waals surface area contributed by atoms with E-state index in [1.807, 2.05) is 18.2 Å². The number of fused-ring (bicyclic) bond motifs is 1. The molecular weight excluding hydrogens is 270 g/mol. The summed E-state index contributed by atoms with van der Waals surface area (Å²) in [6.07, 6.45) is 1.59. The molecule has 1 aliphatic heterocycles. The zero-order valence-corrected chi connectivity index (χ0v) is 11.8. The van der Waals surface area contributed by atoms with Crippen molar-refractivity contribution < 1.29 is 19.1 Å². The lowest BCUT2D eigenvalue weighted by Gasteiger charge is -2.32. The lowest BCUT2D eigenvalue weighted by molar-refractivity contribution is -0.141. The van der Waals surface area contributed by atoms with Crippen molar-refractivity contribution in [3.05, 3.63) is 30.0 Å². The van der Waals surface area contributed by atoms with E-state index < -0.39 is 5.97 Å². The number of ketones is 1. The van der Waals surface area contributed by atoms with Crippen molar-refractivity contribution in [2.45, 2.75) is 19.8 Å². The summed E-state index contributed by atoms with van der Waals surface area (Å²) in [5, 5.41) is 10.0. The molecule has 2 aromatic rings. The first kappa shape index (κ1) is 13.7. The Kier molecular flexibility index (Phi) is 3.41. The molecule has 110 valence electrons. The van der Waals surface area contributed by atoms with Gasteiger partial charge in [0.2, 0.25) is 0 Å². The predicted octanol–water partition coefficient (Wildman–Crippen LogP) is 2.94. The largest absolute Gasteiger partial charge is 0.481 e. The smallest absolute Gasteiger partial charge is 0.308 e. The van der Waals surface area contributed by atoms with Crippen LogP contribution in [-0.2, 0) is 4.79 Å². The molecule has 5 heteroatoms. The number of furan rings is 1. The predicted molar refractivity (Wildman–Crippen MR) is 78.8 cm³/mol. The average Bonchev–Trinajstić information content (AvgIpc) is 2.90. The molecule has 21 heavy (non-hydrogen) atoms. The third kappa shape index (κ3) is 2.63. The maximum atomic E-state index is 11.4. The first-order chi connectivity index (χ1) is 10.0. The van der Waals surface area contributed by atoms with Gasteiger partial charge in [-0.15, -0.1) is 0 Å². The molecule has 3 rings (SSSR count). The van der Waals surface area contributed by atoms with E-state index in [0.717, 1.165) is 30.5 Å². The molecule has 1 fully saturated rings.